The molecule has 1 amide bonds. The molecule has 9 heteroatoms. The van der Waals surface area contributed by atoms with Gasteiger partial charge in [-0.3, -0.25) is 4.79 Å². The van der Waals surface area contributed by atoms with Crippen molar-refractivity contribution < 1.29 is 23.8 Å². The molecule has 0 unspecified atom stereocenters. The highest BCUT2D eigenvalue weighted by molar-refractivity contribution is 14.1. The van der Waals surface area contributed by atoms with Crippen molar-refractivity contribution in [1.82, 2.24) is 5.32 Å². The SMILES string of the molecule is CCOc1cc(/C=C2\SC(=S)NC2=O)cc(I)c1OCC(=O)OC. The molecule has 0 radical (unpaired) electrons. The second kappa shape index (κ2) is 8.67. The molecule has 1 saturated heterocycles. The summed E-state index contributed by atoms with van der Waals surface area (Å²) in [6.45, 7) is 2.07. The number of rotatable bonds is 6. The molecule has 1 fully saturated rings. The van der Waals surface area contributed by atoms with Crippen molar-refractivity contribution in [2.75, 3.05) is 20.3 Å². The van der Waals surface area contributed by atoms with E-state index >= 15 is 0 Å². The van der Waals surface area contributed by atoms with E-state index in [1.54, 1.807) is 12.1 Å². The van der Waals surface area contributed by atoms with Gasteiger partial charge < -0.3 is 19.5 Å². The lowest BCUT2D eigenvalue weighted by molar-refractivity contribution is -0.143. The Morgan fingerprint density at radius 2 is 2.17 bits per heavy atom. The van der Waals surface area contributed by atoms with Crippen LogP contribution in [0, 0.1) is 3.57 Å². The summed E-state index contributed by atoms with van der Waals surface area (Å²) >= 11 is 8.27. The molecule has 6 nitrogen and oxygen atoms in total. The Kier molecular flexibility index (Phi) is 6.87. The van der Waals surface area contributed by atoms with Gasteiger partial charge >= 0.3 is 5.97 Å². The molecule has 1 N–H and O–H groups in total. The number of hydrogen-bond acceptors (Lipinski definition) is 7. The summed E-state index contributed by atoms with van der Waals surface area (Å²) in [5.74, 6) is 0.256. The van der Waals surface area contributed by atoms with Gasteiger partial charge in [0, 0.05) is 0 Å². The van der Waals surface area contributed by atoms with Crippen LogP contribution in [0.2, 0.25) is 0 Å². The third-order valence-electron chi connectivity index (χ3n) is 2.83. The molecule has 0 saturated carbocycles. The Bertz CT molecular complexity index is 720. The Labute approximate surface area is 162 Å². The van der Waals surface area contributed by atoms with Gasteiger partial charge in [-0.15, -0.1) is 0 Å². The highest BCUT2D eigenvalue weighted by Gasteiger charge is 2.22. The summed E-state index contributed by atoms with van der Waals surface area (Å²) in [5, 5.41) is 2.57. The molecule has 0 aliphatic carbocycles. The van der Waals surface area contributed by atoms with Gasteiger partial charge in [-0.05, 0) is 53.3 Å². The van der Waals surface area contributed by atoms with Gasteiger partial charge in [0.2, 0.25) is 0 Å². The maximum absolute atomic E-state index is 11.8. The van der Waals surface area contributed by atoms with Gasteiger partial charge in [-0.25, -0.2) is 4.79 Å². The third kappa shape index (κ3) is 4.84. The first kappa shape index (κ1) is 19.0. The fraction of sp³-hybridized carbons (Fsp3) is 0.267. The first-order chi connectivity index (χ1) is 11.4. The Balaban J connectivity index is 2.32. The van der Waals surface area contributed by atoms with Crippen molar-refractivity contribution in [2.24, 2.45) is 0 Å². The van der Waals surface area contributed by atoms with Gasteiger partial charge in [-0.2, -0.15) is 0 Å². The summed E-state index contributed by atoms with van der Waals surface area (Å²) in [6.07, 6.45) is 1.73. The van der Waals surface area contributed by atoms with E-state index in [1.807, 2.05) is 13.0 Å². The molecule has 1 aromatic rings. The zero-order valence-corrected chi connectivity index (χ0v) is 16.7. The molecule has 1 heterocycles. The Hall–Kier alpha value is -1.33. The quantitative estimate of drug-likeness (QED) is 0.291. The lowest BCUT2D eigenvalue weighted by Crippen LogP contribution is -2.17. The monoisotopic (exact) mass is 479 g/mol. The van der Waals surface area contributed by atoms with Crippen LogP contribution in [0.15, 0.2) is 17.0 Å². The van der Waals surface area contributed by atoms with Crippen LogP contribution in [-0.4, -0.2) is 36.5 Å². The van der Waals surface area contributed by atoms with Crippen LogP contribution >= 0.6 is 46.6 Å². The fourth-order valence-electron chi connectivity index (χ4n) is 1.84. The van der Waals surface area contributed by atoms with E-state index in [0.717, 1.165) is 9.13 Å². The number of esters is 1. The number of carbonyl (C=O) groups is 2. The van der Waals surface area contributed by atoms with E-state index < -0.39 is 5.97 Å². The van der Waals surface area contributed by atoms with Crippen LogP contribution in [0.5, 0.6) is 11.5 Å². The second-order valence-electron chi connectivity index (χ2n) is 4.48. The van der Waals surface area contributed by atoms with Crippen molar-refractivity contribution in [3.8, 4) is 11.5 Å². The predicted molar refractivity (Wildman–Crippen MR) is 104 cm³/mol. The van der Waals surface area contributed by atoms with E-state index in [9.17, 15) is 9.59 Å². The van der Waals surface area contributed by atoms with Crippen LogP contribution in [0.4, 0.5) is 0 Å². The van der Waals surface area contributed by atoms with Crippen LogP contribution in [0.1, 0.15) is 12.5 Å². The zero-order chi connectivity index (χ0) is 17.7. The Morgan fingerprint density at radius 1 is 1.42 bits per heavy atom. The van der Waals surface area contributed by atoms with Gasteiger partial charge in [0.25, 0.3) is 5.91 Å². The van der Waals surface area contributed by atoms with Gasteiger partial charge in [0.05, 0.1) is 22.2 Å². The molecule has 1 aliphatic heterocycles. The Morgan fingerprint density at radius 3 is 2.75 bits per heavy atom. The second-order valence-corrected chi connectivity index (χ2v) is 7.36. The van der Waals surface area contributed by atoms with E-state index in [2.05, 4.69) is 32.6 Å². The van der Waals surface area contributed by atoms with Gasteiger partial charge in [0.1, 0.15) is 4.32 Å². The number of thioether (sulfide) groups is 1. The summed E-state index contributed by atoms with van der Waals surface area (Å²) in [7, 11) is 1.30. The first-order valence-electron chi connectivity index (χ1n) is 6.85. The molecule has 0 spiro atoms. The average Bonchev–Trinajstić information content (AvgIpc) is 2.84. The lowest BCUT2D eigenvalue weighted by Gasteiger charge is -2.14. The van der Waals surface area contributed by atoms with Crippen LogP contribution < -0.4 is 14.8 Å². The highest BCUT2D eigenvalue weighted by atomic mass is 127. The molecule has 0 bridgehead atoms. The third-order valence-corrected chi connectivity index (χ3v) is 4.80. The van der Waals surface area contributed by atoms with E-state index in [0.29, 0.717) is 27.3 Å². The number of ether oxygens (including phenoxy) is 3. The molecule has 24 heavy (non-hydrogen) atoms. The summed E-state index contributed by atoms with van der Waals surface area (Å²) in [6, 6.07) is 3.58. The number of benzene rings is 1. The minimum absolute atomic E-state index is 0.209. The van der Waals surface area contributed by atoms with E-state index in [-0.39, 0.29) is 12.5 Å². The zero-order valence-electron chi connectivity index (χ0n) is 12.9. The summed E-state index contributed by atoms with van der Waals surface area (Å²) in [5.41, 5.74) is 0.774. The normalized spacial score (nSPS) is 15.4. The highest BCUT2D eigenvalue weighted by Crippen LogP contribution is 2.36. The number of thiocarbonyl (C=S) groups is 1. The molecule has 0 aromatic heterocycles. The first-order valence-corrected chi connectivity index (χ1v) is 9.15. The van der Waals surface area contributed by atoms with Gasteiger partial charge in [-0.1, -0.05) is 24.0 Å². The smallest absolute Gasteiger partial charge is 0.343 e. The van der Waals surface area contributed by atoms with Crippen LogP contribution in [0.3, 0.4) is 0 Å². The van der Waals surface area contributed by atoms with Crippen molar-refractivity contribution in [3.63, 3.8) is 0 Å². The van der Waals surface area contributed by atoms with Crippen LogP contribution in [-0.2, 0) is 14.3 Å². The van der Waals surface area contributed by atoms with Crippen molar-refractivity contribution in [1.29, 1.82) is 0 Å². The number of carbonyl (C=O) groups excluding carboxylic acids is 2. The average molecular weight is 479 g/mol. The molecular formula is C15H14INO5S2. The summed E-state index contributed by atoms with van der Waals surface area (Å²) in [4.78, 5) is 23.6. The number of hydrogen-bond donors (Lipinski definition) is 1. The maximum Gasteiger partial charge on any atom is 0.343 e. The molecule has 0 atom stereocenters. The van der Waals surface area contributed by atoms with Crippen molar-refractivity contribution >= 4 is 68.8 Å². The fourth-order valence-corrected chi connectivity index (χ4v) is 3.66. The van der Waals surface area contributed by atoms with Crippen molar-refractivity contribution in [2.45, 2.75) is 6.92 Å². The largest absolute Gasteiger partial charge is 0.490 e. The predicted octanol–water partition coefficient (Wildman–Crippen LogP) is 2.73. The minimum atomic E-state index is -0.480. The number of nitrogens with one attached hydrogen (secondary N) is 1. The van der Waals surface area contributed by atoms with E-state index in [4.69, 9.17) is 21.7 Å². The number of halogens is 1. The standard InChI is InChI=1S/C15H14INO5S2/c1-3-21-10-5-8(6-11-14(19)17-15(23)24-11)4-9(16)13(10)22-7-12(18)20-2/h4-6H,3,7H2,1-2H3,(H,17,19,23)/b11-6-. The maximum atomic E-state index is 11.8. The number of amides is 1. The minimum Gasteiger partial charge on any atom is -0.490 e. The molecule has 1 aliphatic rings. The van der Waals surface area contributed by atoms with Crippen molar-refractivity contribution in [3.05, 3.63) is 26.2 Å². The molecule has 1 aromatic carbocycles. The molecule has 2 rings (SSSR count). The topological polar surface area (TPSA) is 73.9 Å². The van der Waals surface area contributed by atoms with Crippen LogP contribution in [0.25, 0.3) is 6.08 Å². The number of methoxy groups -OCH3 is 1. The molecule has 128 valence electrons. The molecular weight excluding hydrogens is 465 g/mol. The summed E-state index contributed by atoms with van der Waals surface area (Å²) < 4.78 is 16.9. The lowest BCUT2D eigenvalue weighted by atomic mass is 10.2. The van der Waals surface area contributed by atoms with Gasteiger partial charge in [0.15, 0.2) is 18.1 Å². The van der Waals surface area contributed by atoms with E-state index in [1.165, 1.54) is 18.9 Å².